The first-order chi connectivity index (χ1) is 5.85. The summed E-state index contributed by atoms with van der Waals surface area (Å²) in [6, 6.07) is 0. The highest BCUT2D eigenvalue weighted by molar-refractivity contribution is 4.60. The van der Waals surface area contributed by atoms with E-state index in [1.54, 1.807) is 0 Å². The molecule has 0 aromatic rings. The Morgan fingerprint density at radius 2 is 2.08 bits per heavy atom. The highest BCUT2D eigenvalue weighted by Gasteiger charge is 2.03. The lowest BCUT2D eigenvalue weighted by molar-refractivity contribution is 0.422. The van der Waals surface area contributed by atoms with E-state index in [-0.39, 0.29) is 0 Å². The van der Waals surface area contributed by atoms with E-state index in [9.17, 15) is 0 Å². The van der Waals surface area contributed by atoms with Crippen LogP contribution in [-0.4, -0.2) is 19.6 Å². The van der Waals surface area contributed by atoms with Crippen LogP contribution in [0.5, 0.6) is 0 Å². The molecule has 2 heteroatoms. The van der Waals surface area contributed by atoms with E-state index in [1.165, 1.54) is 25.7 Å². The van der Waals surface area contributed by atoms with Crippen molar-refractivity contribution < 1.29 is 0 Å². The molecule has 0 aromatic carbocycles. The molecular weight excluding hydrogens is 148 g/mol. The zero-order chi connectivity index (χ0) is 9.23. The van der Waals surface area contributed by atoms with Crippen LogP contribution in [0.15, 0.2) is 0 Å². The topological polar surface area (TPSA) is 38.0 Å². The van der Waals surface area contributed by atoms with E-state index >= 15 is 0 Å². The third-order valence-electron chi connectivity index (χ3n) is 2.30. The van der Waals surface area contributed by atoms with Gasteiger partial charge < -0.3 is 11.1 Å². The van der Waals surface area contributed by atoms with Crippen LogP contribution in [-0.2, 0) is 0 Å². The van der Waals surface area contributed by atoms with Crippen LogP contribution in [0.25, 0.3) is 0 Å². The number of nitrogens with one attached hydrogen (secondary N) is 1. The van der Waals surface area contributed by atoms with Gasteiger partial charge >= 0.3 is 0 Å². The summed E-state index contributed by atoms with van der Waals surface area (Å²) in [6.07, 6.45) is 5.33. The molecule has 0 saturated carbocycles. The van der Waals surface area contributed by atoms with Gasteiger partial charge in [-0.1, -0.05) is 33.1 Å². The number of hydrogen-bond acceptors (Lipinski definition) is 2. The van der Waals surface area contributed by atoms with Gasteiger partial charge in [-0.05, 0) is 18.9 Å². The summed E-state index contributed by atoms with van der Waals surface area (Å²) >= 11 is 0. The van der Waals surface area contributed by atoms with Crippen molar-refractivity contribution in [2.24, 2.45) is 11.7 Å². The van der Waals surface area contributed by atoms with Crippen LogP contribution in [0.3, 0.4) is 0 Å². The third-order valence-corrected chi connectivity index (χ3v) is 2.30. The maximum atomic E-state index is 5.39. The molecule has 0 rings (SSSR count). The van der Waals surface area contributed by atoms with E-state index < -0.39 is 0 Å². The normalized spacial score (nSPS) is 13.2. The predicted octanol–water partition coefficient (Wildman–Crippen LogP) is 1.75. The largest absolute Gasteiger partial charge is 0.329 e. The molecule has 0 aromatic heterocycles. The van der Waals surface area contributed by atoms with Gasteiger partial charge in [-0.25, -0.2) is 0 Å². The molecule has 0 aliphatic rings. The zero-order valence-electron chi connectivity index (χ0n) is 8.60. The van der Waals surface area contributed by atoms with E-state index in [4.69, 9.17) is 5.73 Å². The van der Waals surface area contributed by atoms with Gasteiger partial charge in [0.15, 0.2) is 0 Å². The van der Waals surface area contributed by atoms with E-state index in [2.05, 4.69) is 19.2 Å². The monoisotopic (exact) mass is 172 g/mol. The lowest BCUT2D eigenvalue weighted by Crippen LogP contribution is -2.27. The molecule has 0 radical (unpaired) electrons. The van der Waals surface area contributed by atoms with Gasteiger partial charge in [0.05, 0.1) is 0 Å². The molecule has 74 valence electrons. The minimum Gasteiger partial charge on any atom is -0.329 e. The maximum Gasteiger partial charge on any atom is 0.00746 e. The van der Waals surface area contributed by atoms with Gasteiger partial charge in [-0.3, -0.25) is 0 Å². The second-order valence-corrected chi connectivity index (χ2v) is 3.41. The Morgan fingerprint density at radius 3 is 2.58 bits per heavy atom. The van der Waals surface area contributed by atoms with Crippen LogP contribution >= 0.6 is 0 Å². The molecular formula is C10H24N2. The fourth-order valence-electron chi connectivity index (χ4n) is 1.35. The van der Waals surface area contributed by atoms with Crippen molar-refractivity contribution in [1.29, 1.82) is 0 Å². The van der Waals surface area contributed by atoms with Gasteiger partial charge in [0, 0.05) is 13.1 Å². The summed E-state index contributed by atoms with van der Waals surface area (Å²) in [4.78, 5) is 0. The molecule has 0 bridgehead atoms. The Bertz CT molecular complexity index is 83.9. The van der Waals surface area contributed by atoms with Crippen molar-refractivity contribution >= 4 is 0 Å². The fourth-order valence-corrected chi connectivity index (χ4v) is 1.35. The van der Waals surface area contributed by atoms with E-state index in [1.807, 2.05) is 0 Å². The Balaban J connectivity index is 3.26. The van der Waals surface area contributed by atoms with Crippen molar-refractivity contribution in [3.63, 3.8) is 0 Å². The molecule has 12 heavy (non-hydrogen) atoms. The Kier molecular flexibility index (Phi) is 8.95. The van der Waals surface area contributed by atoms with Crippen LogP contribution < -0.4 is 11.1 Å². The van der Waals surface area contributed by atoms with E-state index in [0.717, 1.165) is 25.6 Å². The summed E-state index contributed by atoms with van der Waals surface area (Å²) in [7, 11) is 0. The summed E-state index contributed by atoms with van der Waals surface area (Å²) in [5, 5.41) is 3.37. The molecule has 0 saturated heterocycles. The summed E-state index contributed by atoms with van der Waals surface area (Å²) in [5.74, 6) is 0.858. The quantitative estimate of drug-likeness (QED) is 0.547. The molecule has 0 spiro atoms. The minimum absolute atomic E-state index is 0.754. The molecule has 1 atom stereocenters. The minimum atomic E-state index is 0.754. The van der Waals surface area contributed by atoms with Crippen molar-refractivity contribution in [1.82, 2.24) is 5.32 Å². The molecule has 0 fully saturated rings. The van der Waals surface area contributed by atoms with Gasteiger partial charge in [0.25, 0.3) is 0 Å². The molecule has 3 N–H and O–H groups in total. The van der Waals surface area contributed by atoms with E-state index in [0.29, 0.717) is 0 Å². The third kappa shape index (κ3) is 6.62. The highest BCUT2D eigenvalue weighted by atomic mass is 14.9. The van der Waals surface area contributed by atoms with Crippen LogP contribution in [0.1, 0.15) is 39.5 Å². The van der Waals surface area contributed by atoms with Gasteiger partial charge in [-0.15, -0.1) is 0 Å². The van der Waals surface area contributed by atoms with Crippen LogP contribution in [0.4, 0.5) is 0 Å². The molecule has 2 nitrogen and oxygen atoms in total. The second kappa shape index (κ2) is 9.01. The van der Waals surface area contributed by atoms with Crippen molar-refractivity contribution in [3.05, 3.63) is 0 Å². The SMILES string of the molecule is CCCCC(CC)CNCCN. The Morgan fingerprint density at radius 1 is 1.33 bits per heavy atom. The highest BCUT2D eigenvalue weighted by Crippen LogP contribution is 2.10. The smallest absolute Gasteiger partial charge is 0.00746 e. The van der Waals surface area contributed by atoms with Crippen molar-refractivity contribution in [2.75, 3.05) is 19.6 Å². The lowest BCUT2D eigenvalue weighted by Gasteiger charge is -2.14. The van der Waals surface area contributed by atoms with Crippen LogP contribution in [0, 0.1) is 5.92 Å². The zero-order valence-corrected chi connectivity index (χ0v) is 8.60. The Labute approximate surface area is 76.9 Å². The molecule has 0 aliphatic heterocycles. The van der Waals surface area contributed by atoms with Crippen molar-refractivity contribution in [2.45, 2.75) is 39.5 Å². The predicted molar refractivity (Wildman–Crippen MR) is 55.2 cm³/mol. The number of rotatable bonds is 8. The van der Waals surface area contributed by atoms with Gasteiger partial charge in [-0.2, -0.15) is 0 Å². The number of unbranched alkanes of at least 4 members (excludes halogenated alkanes) is 1. The fraction of sp³-hybridized carbons (Fsp3) is 1.00. The summed E-state index contributed by atoms with van der Waals surface area (Å²) in [5.41, 5.74) is 5.39. The average molecular weight is 172 g/mol. The molecule has 0 heterocycles. The first-order valence-corrected chi connectivity index (χ1v) is 5.25. The summed E-state index contributed by atoms with van der Waals surface area (Å²) < 4.78 is 0. The number of hydrogen-bond donors (Lipinski definition) is 2. The lowest BCUT2D eigenvalue weighted by atomic mass is 9.99. The molecule has 0 aliphatic carbocycles. The maximum absolute atomic E-state index is 5.39. The molecule has 0 amide bonds. The van der Waals surface area contributed by atoms with Gasteiger partial charge in [0.1, 0.15) is 0 Å². The van der Waals surface area contributed by atoms with Crippen LogP contribution in [0.2, 0.25) is 0 Å². The van der Waals surface area contributed by atoms with Crippen molar-refractivity contribution in [3.8, 4) is 0 Å². The standard InChI is InChI=1S/C10H24N2/c1-3-5-6-10(4-2)9-12-8-7-11/h10,12H,3-9,11H2,1-2H3. The first-order valence-electron chi connectivity index (χ1n) is 5.25. The van der Waals surface area contributed by atoms with Gasteiger partial charge in [0.2, 0.25) is 0 Å². The molecule has 1 unspecified atom stereocenters. The Hall–Kier alpha value is -0.0800. The summed E-state index contributed by atoms with van der Waals surface area (Å²) in [6.45, 7) is 7.38. The average Bonchev–Trinajstić information content (AvgIpc) is 2.11. The number of nitrogens with two attached hydrogens (primary N) is 1. The first kappa shape index (κ1) is 11.9. The second-order valence-electron chi connectivity index (χ2n) is 3.41.